The van der Waals surface area contributed by atoms with Crippen LogP contribution in [0.2, 0.25) is 0 Å². The molecule has 0 aliphatic rings. The van der Waals surface area contributed by atoms with Crippen molar-refractivity contribution in [2.24, 2.45) is 0 Å². The summed E-state index contributed by atoms with van der Waals surface area (Å²) in [6.07, 6.45) is 1.20. The number of para-hydroxylation sites is 1. The Morgan fingerprint density at radius 3 is 2.61 bits per heavy atom. The van der Waals surface area contributed by atoms with E-state index in [0.717, 1.165) is 34.5 Å². The number of amides is 1. The number of nitrogens with one attached hydrogen (secondary N) is 2. The van der Waals surface area contributed by atoms with E-state index in [2.05, 4.69) is 15.3 Å². The Balaban J connectivity index is 1.84. The first-order valence-corrected chi connectivity index (χ1v) is 9.13. The van der Waals surface area contributed by atoms with Crippen LogP contribution in [0.1, 0.15) is 39.9 Å². The average molecular weight is 377 g/mol. The molecule has 1 amide bonds. The highest BCUT2D eigenvalue weighted by atomic mass is 16.5. The van der Waals surface area contributed by atoms with Crippen molar-refractivity contribution in [3.63, 3.8) is 0 Å². The summed E-state index contributed by atoms with van der Waals surface area (Å²) in [5, 5.41) is 2.91. The van der Waals surface area contributed by atoms with Crippen LogP contribution < -0.4 is 15.6 Å². The molecule has 1 heterocycles. The molecule has 0 bridgehead atoms. The Hall–Kier alpha value is -3.41. The third-order valence-corrected chi connectivity index (χ3v) is 4.53. The number of ether oxygens (including phenoxy) is 1. The zero-order valence-electron chi connectivity index (χ0n) is 16.2. The molecular weight excluding hydrogens is 354 g/mol. The Morgan fingerprint density at radius 2 is 1.93 bits per heavy atom. The fraction of sp³-hybridized carbons (Fsp3) is 0.227. The lowest BCUT2D eigenvalue weighted by Gasteiger charge is -2.13. The molecule has 28 heavy (non-hydrogen) atoms. The van der Waals surface area contributed by atoms with E-state index in [0.29, 0.717) is 12.2 Å². The third kappa shape index (κ3) is 4.46. The normalized spacial score (nSPS) is 10.5. The van der Waals surface area contributed by atoms with Gasteiger partial charge in [0.1, 0.15) is 17.3 Å². The van der Waals surface area contributed by atoms with Gasteiger partial charge in [-0.3, -0.25) is 9.59 Å². The number of carbonyl (C=O) groups is 1. The smallest absolute Gasteiger partial charge is 0.274 e. The summed E-state index contributed by atoms with van der Waals surface area (Å²) in [5.74, 6) is 0.790. The van der Waals surface area contributed by atoms with E-state index in [1.54, 1.807) is 7.11 Å². The number of hydrogen-bond acceptors (Lipinski definition) is 4. The lowest BCUT2D eigenvalue weighted by molar-refractivity contribution is 0.102. The van der Waals surface area contributed by atoms with Gasteiger partial charge in [0.05, 0.1) is 7.11 Å². The van der Waals surface area contributed by atoms with Gasteiger partial charge in [-0.25, -0.2) is 4.98 Å². The molecule has 144 valence electrons. The van der Waals surface area contributed by atoms with E-state index in [1.165, 1.54) is 6.07 Å². The van der Waals surface area contributed by atoms with Crippen molar-refractivity contribution in [1.82, 2.24) is 9.97 Å². The van der Waals surface area contributed by atoms with Gasteiger partial charge in [0.15, 0.2) is 0 Å². The molecule has 0 unspecified atom stereocenters. The minimum absolute atomic E-state index is 0.0950. The maximum atomic E-state index is 12.7. The molecule has 0 fully saturated rings. The molecule has 0 spiro atoms. The topological polar surface area (TPSA) is 84.1 Å². The molecule has 6 nitrogen and oxygen atoms in total. The molecule has 0 radical (unpaired) electrons. The molecule has 6 heteroatoms. The predicted molar refractivity (Wildman–Crippen MR) is 109 cm³/mol. The molecule has 3 aromatic rings. The predicted octanol–water partition coefficient (Wildman–Crippen LogP) is 3.49. The van der Waals surface area contributed by atoms with Crippen LogP contribution in [0.25, 0.3) is 0 Å². The van der Waals surface area contributed by atoms with Crippen molar-refractivity contribution < 1.29 is 9.53 Å². The first kappa shape index (κ1) is 19.4. The molecule has 0 atom stereocenters. The number of anilines is 1. The standard InChI is InChI=1S/C22H23N3O3/c1-4-16-7-5-6-14(2)21(16)25-22(27)18-13-20(26)24-19(23-18)12-15-8-10-17(28-3)11-9-15/h5-11,13H,4,12H2,1-3H3,(H,25,27)(H,23,24,26). The van der Waals surface area contributed by atoms with E-state index in [4.69, 9.17) is 4.74 Å². The summed E-state index contributed by atoms with van der Waals surface area (Å²) in [7, 11) is 1.61. The zero-order chi connectivity index (χ0) is 20.1. The van der Waals surface area contributed by atoms with Crippen LogP contribution >= 0.6 is 0 Å². The minimum Gasteiger partial charge on any atom is -0.497 e. The van der Waals surface area contributed by atoms with Crippen molar-refractivity contribution in [2.75, 3.05) is 12.4 Å². The molecule has 2 N–H and O–H groups in total. The van der Waals surface area contributed by atoms with Crippen LogP contribution in [0.3, 0.4) is 0 Å². The molecule has 1 aromatic heterocycles. The summed E-state index contributed by atoms with van der Waals surface area (Å²) in [6, 6.07) is 14.6. The quantitative estimate of drug-likeness (QED) is 0.689. The lowest BCUT2D eigenvalue weighted by atomic mass is 10.1. The molecule has 2 aromatic carbocycles. The number of methoxy groups -OCH3 is 1. The van der Waals surface area contributed by atoms with Crippen LogP contribution in [0.15, 0.2) is 53.3 Å². The van der Waals surface area contributed by atoms with Crippen molar-refractivity contribution in [1.29, 1.82) is 0 Å². The maximum Gasteiger partial charge on any atom is 0.274 e. The molecular formula is C22H23N3O3. The molecule has 0 saturated carbocycles. The van der Waals surface area contributed by atoms with E-state index >= 15 is 0 Å². The van der Waals surface area contributed by atoms with Gasteiger partial charge in [-0.15, -0.1) is 0 Å². The van der Waals surface area contributed by atoms with Gasteiger partial charge < -0.3 is 15.0 Å². The van der Waals surface area contributed by atoms with Gasteiger partial charge in [-0.1, -0.05) is 37.3 Å². The first-order chi connectivity index (χ1) is 13.5. The second-order valence-corrected chi connectivity index (χ2v) is 6.52. The molecule has 0 aliphatic carbocycles. The number of benzene rings is 2. The Bertz CT molecular complexity index is 1040. The van der Waals surface area contributed by atoms with Crippen molar-refractivity contribution in [3.05, 3.63) is 87.1 Å². The van der Waals surface area contributed by atoms with Gasteiger partial charge in [0.25, 0.3) is 11.5 Å². The van der Waals surface area contributed by atoms with Crippen molar-refractivity contribution in [2.45, 2.75) is 26.7 Å². The van der Waals surface area contributed by atoms with E-state index in [-0.39, 0.29) is 11.3 Å². The summed E-state index contributed by atoms with van der Waals surface area (Å²) >= 11 is 0. The summed E-state index contributed by atoms with van der Waals surface area (Å²) in [6.45, 7) is 3.97. The van der Waals surface area contributed by atoms with Crippen LogP contribution in [-0.4, -0.2) is 23.0 Å². The number of rotatable bonds is 6. The van der Waals surface area contributed by atoms with E-state index in [9.17, 15) is 9.59 Å². The third-order valence-electron chi connectivity index (χ3n) is 4.53. The minimum atomic E-state index is -0.397. The van der Waals surface area contributed by atoms with Gasteiger partial charge in [-0.2, -0.15) is 0 Å². The fourth-order valence-electron chi connectivity index (χ4n) is 3.02. The SMILES string of the molecule is CCc1cccc(C)c1NC(=O)c1cc(=O)[nH]c(Cc2ccc(OC)cc2)n1. The van der Waals surface area contributed by atoms with Crippen molar-refractivity contribution in [3.8, 4) is 5.75 Å². The zero-order valence-corrected chi connectivity index (χ0v) is 16.2. The van der Waals surface area contributed by atoms with Gasteiger partial charge in [-0.05, 0) is 42.2 Å². The van der Waals surface area contributed by atoms with Crippen LogP contribution in [-0.2, 0) is 12.8 Å². The van der Waals surface area contributed by atoms with E-state index in [1.807, 2.05) is 56.3 Å². The van der Waals surface area contributed by atoms with Crippen LogP contribution in [0, 0.1) is 6.92 Å². The number of hydrogen-bond donors (Lipinski definition) is 2. The number of H-pyrrole nitrogens is 1. The molecule has 0 aliphatic heterocycles. The summed E-state index contributed by atoms with van der Waals surface area (Å²) in [5.41, 5.74) is 3.47. The monoisotopic (exact) mass is 377 g/mol. The maximum absolute atomic E-state index is 12.7. The second kappa shape index (κ2) is 8.52. The summed E-state index contributed by atoms with van der Waals surface area (Å²) in [4.78, 5) is 31.8. The highest BCUT2D eigenvalue weighted by Crippen LogP contribution is 2.21. The number of carbonyl (C=O) groups excluding carboxylic acids is 1. The largest absolute Gasteiger partial charge is 0.497 e. The van der Waals surface area contributed by atoms with Gasteiger partial charge >= 0.3 is 0 Å². The van der Waals surface area contributed by atoms with E-state index < -0.39 is 5.91 Å². The number of aromatic nitrogens is 2. The number of nitrogens with zero attached hydrogens (tertiary/aromatic N) is 1. The van der Waals surface area contributed by atoms with Gasteiger partial charge in [0.2, 0.25) is 0 Å². The fourth-order valence-corrected chi connectivity index (χ4v) is 3.02. The second-order valence-electron chi connectivity index (χ2n) is 6.52. The highest BCUT2D eigenvalue weighted by Gasteiger charge is 2.14. The average Bonchev–Trinajstić information content (AvgIpc) is 2.69. The molecule has 0 saturated heterocycles. The van der Waals surface area contributed by atoms with Crippen molar-refractivity contribution >= 4 is 11.6 Å². The first-order valence-electron chi connectivity index (χ1n) is 9.13. The molecule has 3 rings (SSSR count). The van der Waals surface area contributed by atoms with Gasteiger partial charge in [0, 0.05) is 18.2 Å². The Morgan fingerprint density at radius 1 is 1.18 bits per heavy atom. The number of aryl methyl sites for hydroxylation is 2. The summed E-state index contributed by atoms with van der Waals surface area (Å²) < 4.78 is 5.15. The number of aromatic amines is 1. The van der Waals surface area contributed by atoms with Crippen LogP contribution in [0.4, 0.5) is 5.69 Å². The Kier molecular flexibility index (Phi) is 5.89. The van der Waals surface area contributed by atoms with Crippen LogP contribution in [0.5, 0.6) is 5.75 Å². The highest BCUT2D eigenvalue weighted by molar-refractivity contribution is 6.03. The Labute approximate surface area is 163 Å². The lowest BCUT2D eigenvalue weighted by Crippen LogP contribution is -2.21.